The molecule has 0 aliphatic carbocycles. The lowest BCUT2D eigenvalue weighted by Crippen LogP contribution is -2.30. The zero-order valence-corrected chi connectivity index (χ0v) is 15.2. The molecule has 1 amide bonds. The molecule has 24 heavy (non-hydrogen) atoms. The van der Waals surface area contributed by atoms with Gasteiger partial charge >= 0.3 is 18.0 Å². The molecule has 0 saturated carbocycles. The summed E-state index contributed by atoms with van der Waals surface area (Å²) in [4.78, 5) is 33.3. The van der Waals surface area contributed by atoms with Crippen LogP contribution in [0.3, 0.4) is 0 Å². The van der Waals surface area contributed by atoms with Gasteiger partial charge in [-0.2, -0.15) is 0 Å². The standard InChI is InChI=1S/C17H31NO6/c1-5-16(21)23-13(4)24-17(22)18-10-6-7-14(11-12(2)3)8-9-15(19)20/h12-14H,5-11H2,1-4H3,(H,18,22)(H,19,20)/t13-,14+/m0/s1. The maximum absolute atomic E-state index is 11.6. The lowest BCUT2D eigenvalue weighted by molar-refractivity contribution is -0.164. The molecule has 0 aliphatic heterocycles. The Hall–Kier alpha value is -1.79. The molecule has 2 atom stereocenters. The molecule has 140 valence electrons. The second kappa shape index (κ2) is 12.6. The third-order valence-electron chi connectivity index (χ3n) is 3.49. The van der Waals surface area contributed by atoms with Crippen LogP contribution in [0.25, 0.3) is 0 Å². The molecule has 0 aromatic rings. The minimum atomic E-state index is -0.915. The maximum atomic E-state index is 11.6. The highest BCUT2D eigenvalue weighted by Crippen LogP contribution is 2.22. The lowest BCUT2D eigenvalue weighted by Gasteiger charge is -2.18. The summed E-state index contributed by atoms with van der Waals surface area (Å²) in [6.07, 6.45) is 2.08. The zero-order valence-electron chi connectivity index (χ0n) is 15.2. The summed E-state index contributed by atoms with van der Waals surface area (Å²) in [6.45, 7) is 7.81. The highest BCUT2D eigenvalue weighted by atomic mass is 16.7. The largest absolute Gasteiger partial charge is 0.481 e. The molecule has 0 fully saturated rings. The van der Waals surface area contributed by atoms with Gasteiger partial charge in [0.15, 0.2) is 0 Å². The minimum Gasteiger partial charge on any atom is -0.481 e. The Morgan fingerprint density at radius 2 is 1.75 bits per heavy atom. The molecule has 7 heteroatoms. The van der Waals surface area contributed by atoms with E-state index in [1.165, 1.54) is 6.92 Å². The van der Waals surface area contributed by atoms with Crippen molar-refractivity contribution in [2.24, 2.45) is 11.8 Å². The van der Waals surface area contributed by atoms with Gasteiger partial charge in [-0.1, -0.05) is 20.8 Å². The first-order valence-electron chi connectivity index (χ1n) is 8.60. The van der Waals surface area contributed by atoms with E-state index in [2.05, 4.69) is 19.2 Å². The predicted octanol–water partition coefficient (Wildman–Crippen LogP) is 3.32. The predicted molar refractivity (Wildman–Crippen MR) is 89.4 cm³/mol. The van der Waals surface area contributed by atoms with Gasteiger partial charge in [0.2, 0.25) is 6.29 Å². The highest BCUT2D eigenvalue weighted by Gasteiger charge is 2.14. The van der Waals surface area contributed by atoms with Crippen molar-refractivity contribution in [3.63, 3.8) is 0 Å². The van der Waals surface area contributed by atoms with E-state index < -0.39 is 24.3 Å². The number of carboxylic acids is 1. The normalized spacial score (nSPS) is 13.2. The van der Waals surface area contributed by atoms with Crippen molar-refractivity contribution in [3.05, 3.63) is 0 Å². The van der Waals surface area contributed by atoms with Crippen LogP contribution in [0.4, 0.5) is 4.79 Å². The first-order chi connectivity index (χ1) is 11.2. The van der Waals surface area contributed by atoms with Crippen LogP contribution >= 0.6 is 0 Å². The summed E-state index contributed by atoms with van der Waals surface area (Å²) in [7, 11) is 0. The zero-order chi connectivity index (χ0) is 18.5. The Labute approximate surface area is 144 Å². The molecule has 2 N–H and O–H groups in total. The van der Waals surface area contributed by atoms with Gasteiger partial charge in [0, 0.05) is 26.3 Å². The van der Waals surface area contributed by atoms with Crippen LogP contribution in [0.2, 0.25) is 0 Å². The van der Waals surface area contributed by atoms with Crippen molar-refractivity contribution in [2.45, 2.75) is 72.5 Å². The first-order valence-corrected chi connectivity index (χ1v) is 8.60. The van der Waals surface area contributed by atoms with Crippen LogP contribution < -0.4 is 5.32 Å². The number of hydrogen-bond donors (Lipinski definition) is 2. The van der Waals surface area contributed by atoms with Gasteiger partial charge in [0.1, 0.15) is 0 Å². The van der Waals surface area contributed by atoms with Gasteiger partial charge in [-0.3, -0.25) is 9.59 Å². The van der Waals surface area contributed by atoms with E-state index in [0.717, 1.165) is 19.3 Å². The van der Waals surface area contributed by atoms with Gasteiger partial charge in [-0.25, -0.2) is 4.79 Å². The molecule has 0 heterocycles. The summed E-state index contributed by atoms with van der Waals surface area (Å²) in [5.41, 5.74) is 0. The number of rotatable bonds is 12. The quantitative estimate of drug-likeness (QED) is 0.319. The van der Waals surface area contributed by atoms with Crippen LogP contribution in [0.5, 0.6) is 0 Å². The van der Waals surface area contributed by atoms with E-state index in [-0.39, 0.29) is 12.8 Å². The molecule has 7 nitrogen and oxygen atoms in total. The highest BCUT2D eigenvalue weighted by molar-refractivity contribution is 5.70. The maximum Gasteiger partial charge on any atom is 0.410 e. The Morgan fingerprint density at radius 1 is 1.08 bits per heavy atom. The summed E-state index contributed by atoms with van der Waals surface area (Å²) >= 11 is 0. The van der Waals surface area contributed by atoms with Crippen molar-refractivity contribution in [3.8, 4) is 0 Å². The molecule has 0 saturated heterocycles. The molecule has 0 aromatic carbocycles. The van der Waals surface area contributed by atoms with Crippen LogP contribution in [-0.4, -0.2) is 36.0 Å². The Morgan fingerprint density at radius 3 is 2.29 bits per heavy atom. The van der Waals surface area contributed by atoms with Crippen LogP contribution in [-0.2, 0) is 19.1 Å². The fourth-order valence-electron chi connectivity index (χ4n) is 2.44. The second-order valence-electron chi connectivity index (χ2n) is 6.31. The summed E-state index contributed by atoms with van der Waals surface area (Å²) in [5, 5.41) is 11.4. The van der Waals surface area contributed by atoms with Crippen molar-refractivity contribution in [1.82, 2.24) is 5.32 Å². The van der Waals surface area contributed by atoms with Crippen molar-refractivity contribution in [1.29, 1.82) is 0 Å². The second-order valence-corrected chi connectivity index (χ2v) is 6.31. The van der Waals surface area contributed by atoms with Gasteiger partial charge in [0.05, 0.1) is 0 Å². The van der Waals surface area contributed by atoms with E-state index in [0.29, 0.717) is 24.8 Å². The van der Waals surface area contributed by atoms with E-state index in [1.807, 2.05) is 0 Å². The average molecular weight is 345 g/mol. The van der Waals surface area contributed by atoms with E-state index in [4.69, 9.17) is 14.6 Å². The van der Waals surface area contributed by atoms with Crippen LogP contribution in [0.1, 0.15) is 66.2 Å². The molecule has 0 unspecified atom stereocenters. The molecule has 0 spiro atoms. The average Bonchev–Trinajstić information content (AvgIpc) is 2.47. The number of amides is 1. The molecule has 0 radical (unpaired) electrons. The van der Waals surface area contributed by atoms with Crippen molar-refractivity contribution in [2.75, 3.05) is 6.54 Å². The molecular weight excluding hydrogens is 314 g/mol. The SMILES string of the molecule is CCC(=O)O[C@H](C)OC(=O)NCCC[C@H](CCC(=O)O)CC(C)C. The number of carbonyl (C=O) groups is 3. The van der Waals surface area contributed by atoms with Gasteiger partial charge in [-0.05, 0) is 37.5 Å². The molecule has 0 aliphatic rings. The minimum absolute atomic E-state index is 0.174. The fraction of sp³-hybridized carbons (Fsp3) is 0.824. The number of alkyl carbamates (subject to hydrolysis) is 1. The molecular formula is C17H31NO6. The number of carboxylic acid groups (broad SMARTS) is 1. The molecule has 0 rings (SSSR count). The topological polar surface area (TPSA) is 102 Å². The number of carbonyl (C=O) groups excluding carboxylic acids is 2. The van der Waals surface area contributed by atoms with Crippen molar-refractivity contribution >= 4 is 18.0 Å². The van der Waals surface area contributed by atoms with Crippen LogP contribution in [0, 0.1) is 11.8 Å². The smallest absolute Gasteiger partial charge is 0.410 e. The fourth-order valence-corrected chi connectivity index (χ4v) is 2.44. The lowest BCUT2D eigenvalue weighted by atomic mass is 9.89. The van der Waals surface area contributed by atoms with E-state index in [9.17, 15) is 14.4 Å². The number of esters is 1. The Kier molecular flexibility index (Phi) is 11.7. The van der Waals surface area contributed by atoms with Gasteiger partial charge in [-0.15, -0.1) is 0 Å². The molecule has 0 bridgehead atoms. The van der Waals surface area contributed by atoms with Crippen molar-refractivity contribution < 1.29 is 29.0 Å². The Bertz CT molecular complexity index is 397. The number of ether oxygens (including phenoxy) is 2. The summed E-state index contributed by atoms with van der Waals surface area (Å²) in [5.74, 6) is -0.356. The monoisotopic (exact) mass is 345 g/mol. The Balaban J connectivity index is 3.98. The van der Waals surface area contributed by atoms with Gasteiger partial charge in [0.25, 0.3) is 0 Å². The van der Waals surface area contributed by atoms with E-state index in [1.54, 1.807) is 6.92 Å². The third-order valence-corrected chi connectivity index (χ3v) is 3.49. The third kappa shape index (κ3) is 12.7. The first kappa shape index (κ1) is 22.2. The number of aliphatic carboxylic acids is 1. The van der Waals surface area contributed by atoms with E-state index >= 15 is 0 Å². The number of hydrogen-bond acceptors (Lipinski definition) is 5. The van der Waals surface area contributed by atoms with Crippen LogP contribution in [0.15, 0.2) is 0 Å². The summed E-state index contributed by atoms with van der Waals surface area (Å²) in [6, 6.07) is 0. The van der Waals surface area contributed by atoms with Gasteiger partial charge < -0.3 is 19.9 Å². The molecule has 0 aromatic heterocycles. The number of nitrogens with one attached hydrogen (secondary N) is 1. The summed E-state index contributed by atoms with van der Waals surface area (Å²) < 4.78 is 9.74.